The molecule has 1 amide bonds. The van der Waals surface area contributed by atoms with Gasteiger partial charge in [0.25, 0.3) is 0 Å². The Labute approximate surface area is 168 Å². The van der Waals surface area contributed by atoms with Crippen molar-refractivity contribution >= 4 is 35.1 Å². The summed E-state index contributed by atoms with van der Waals surface area (Å²) in [4.78, 5) is 39.4. The van der Waals surface area contributed by atoms with E-state index in [0.717, 1.165) is 28.5 Å². The average molecular weight is 401 g/mol. The second kappa shape index (κ2) is 8.65. The van der Waals surface area contributed by atoms with Crippen LogP contribution in [0.1, 0.15) is 35.1 Å². The number of hydrogen-bond acceptors (Lipinski definition) is 5. The third-order valence-electron chi connectivity index (χ3n) is 4.90. The first-order valence-corrected chi connectivity index (χ1v) is 10.3. The molecule has 0 unspecified atom stereocenters. The Balaban J connectivity index is 1.55. The van der Waals surface area contributed by atoms with E-state index >= 15 is 0 Å². The van der Waals surface area contributed by atoms with Crippen LogP contribution in [0.25, 0.3) is 0 Å². The third-order valence-corrected chi connectivity index (χ3v) is 5.95. The van der Waals surface area contributed by atoms with E-state index in [1.54, 1.807) is 4.90 Å². The second-order valence-electron chi connectivity index (χ2n) is 6.66. The largest absolute Gasteiger partial charge is 0.457 e. The maximum absolute atomic E-state index is 12.4. The van der Waals surface area contributed by atoms with Crippen molar-refractivity contribution in [2.75, 3.05) is 23.8 Å². The third kappa shape index (κ3) is 4.14. The van der Waals surface area contributed by atoms with Crippen LogP contribution in [-0.2, 0) is 20.9 Å². The van der Waals surface area contributed by atoms with Crippen molar-refractivity contribution in [1.29, 1.82) is 0 Å². The number of hydrogen-bond donors (Lipinski definition) is 0. The van der Waals surface area contributed by atoms with Gasteiger partial charge in [-0.2, -0.15) is 0 Å². The number of anilines is 1. The Morgan fingerprint density at radius 2 is 1.96 bits per heavy atom. The van der Waals surface area contributed by atoms with Crippen molar-refractivity contribution in [3.8, 4) is 0 Å². The normalized spacial score (nSPS) is 13.4. The fraction of sp³-hybridized carbons (Fsp3) is 0.381. The molecule has 0 saturated heterocycles. The molecule has 0 spiro atoms. The van der Waals surface area contributed by atoms with Crippen LogP contribution in [0.3, 0.4) is 0 Å². The van der Waals surface area contributed by atoms with Crippen LogP contribution in [0, 0.1) is 13.8 Å². The van der Waals surface area contributed by atoms with Gasteiger partial charge in [0.05, 0.1) is 17.9 Å². The Bertz CT molecular complexity index is 919. The Hall–Kier alpha value is -2.54. The first-order valence-electron chi connectivity index (χ1n) is 9.30. The molecule has 148 valence electrons. The summed E-state index contributed by atoms with van der Waals surface area (Å²) in [6, 6.07) is 9.46. The van der Waals surface area contributed by atoms with E-state index in [0.29, 0.717) is 11.3 Å². The standard InChI is InChI=1S/C21H24N2O4S/c1-4-22-14(2)11-16(15(22)3)18(24)12-27-21(26)9-10-23-17-7-5-6-8-19(17)28-13-20(23)25/h5-8,11H,4,9-10,12-13H2,1-3H3. The van der Waals surface area contributed by atoms with E-state index in [1.807, 2.05) is 55.7 Å². The van der Waals surface area contributed by atoms with E-state index in [1.165, 1.54) is 11.8 Å². The molecule has 0 radical (unpaired) electrons. The lowest BCUT2D eigenvalue weighted by Gasteiger charge is -2.28. The van der Waals surface area contributed by atoms with Crippen LogP contribution in [0.5, 0.6) is 0 Å². The van der Waals surface area contributed by atoms with Gasteiger partial charge < -0.3 is 14.2 Å². The van der Waals surface area contributed by atoms with Crippen LogP contribution in [-0.4, -0.2) is 41.1 Å². The molecular weight excluding hydrogens is 376 g/mol. The Kier molecular flexibility index (Phi) is 6.24. The minimum atomic E-state index is -0.485. The molecule has 0 atom stereocenters. The number of Topliss-reactive ketones (excluding diaryl/α,β-unsaturated/α-hetero) is 1. The predicted molar refractivity (Wildman–Crippen MR) is 109 cm³/mol. The zero-order valence-electron chi connectivity index (χ0n) is 16.4. The summed E-state index contributed by atoms with van der Waals surface area (Å²) in [5, 5.41) is 0. The Morgan fingerprint density at radius 1 is 1.21 bits per heavy atom. The monoisotopic (exact) mass is 400 g/mol. The number of ketones is 1. The molecule has 0 fully saturated rings. The molecule has 3 rings (SSSR count). The van der Waals surface area contributed by atoms with Crippen LogP contribution >= 0.6 is 11.8 Å². The highest BCUT2D eigenvalue weighted by atomic mass is 32.2. The minimum Gasteiger partial charge on any atom is -0.457 e. The van der Waals surface area contributed by atoms with Gasteiger partial charge in [0.2, 0.25) is 11.7 Å². The average Bonchev–Trinajstić information content (AvgIpc) is 2.98. The van der Waals surface area contributed by atoms with Crippen LogP contribution in [0.15, 0.2) is 35.2 Å². The van der Waals surface area contributed by atoms with Gasteiger partial charge in [0.1, 0.15) is 0 Å². The summed E-state index contributed by atoms with van der Waals surface area (Å²) < 4.78 is 7.22. The molecule has 6 nitrogen and oxygen atoms in total. The van der Waals surface area contributed by atoms with Gasteiger partial charge in [0, 0.05) is 34.9 Å². The van der Waals surface area contributed by atoms with Crippen molar-refractivity contribution in [2.24, 2.45) is 0 Å². The molecule has 1 aliphatic heterocycles. The lowest BCUT2D eigenvalue weighted by atomic mass is 10.1. The molecule has 1 aliphatic rings. The van der Waals surface area contributed by atoms with E-state index < -0.39 is 5.97 Å². The number of aromatic nitrogens is 1. The number of ether oxygens (including phenoxy) is 1. The minimum absolute atomic E-state index is 0.0282. The summed E-state index contributed by atoms with van der Waals surface area (Å²) in [7, 11) is 0. The zero-order valence-corrected chi connectivity index (χ0v) is 17.2. The lowest BCUT2D eigenvalue weighted by molar-refractivity contribution is -0.142. The van der Waals surface area contributed by atoms with Crippen LogP contribution in [0.4, 0.5) is 5.69 Å². The summed E-state index contributed by atoms with van der Waals surface area (Å²) in [6.45, 7) is 6.61. The molecule has 1 aromatic heterocycles. The van der Waals surface area contributed by atoms with Crippen molar-refractivity contribution in [2.45, 2.75) is 38.6 Å². The number of para-hydroxylation sites is 1. The van der Waals surface area contributed by atoms with E-state index in [-0.39, 0.29) is 31.3 Å². The highest BCUT2D eigenvalue weighted by molar-refractivity contribution is 8.00. The van der Waals surface area contributed by atoms with Crippen molar-refractivity contribution in [3.63, 3.8) is 0 Å². The van der Waals surface area contributed by atoms with Crippen LogP contribution < -0.4 is 4.90 Å². The highest BCUT2D eigenvalue weighted by Gasteiger charge is 2.25. The zero-order chi connectivity index (χ0) is 20.3. The molecule has 28 heavy (non-hydrogen) atoms. The number of thioether (sulfide) groups is 1. The lowest BCUT2D eigenvalue weighted by Crippen LogP contribution is -2.37. The predicted octanol–water partition coefficient (Wildman–Crippen LogP) is 3.38. The first-order chi connectivity index (χ1) is 13.4. The van der Waals surface area contributed by atoms with Gasteiger partial charge in [-0.15, -0.1) is 11.8 Å². The number of nitrogens with zero attached hydrogens (tertiary/aromatic N) is 2. The second-order valence-corrected chi connectivity index (χ2v) is 7.68. The molecule has 7 heteroatoms. The molecule has 2 aromatic rings. The maximum atomic E-state index is 12.4. The molecule has 2 heterocycles. The maximum Gasteiger partial charge on any atom is 0.308 e. The molecule has 0 bridgehead atoms. The molecule has 0 saturated carbocycles. The van der Waals surface area contributed by atoms with Gasteiger partial charge in [-0.1, -0.05) is 12.1 Å². The van der Waals surface area contributed by atoms with Crippen molar-refractivity contribution < 1.29 is 19.1 Å². The molecule has 0 N–H and O–H groups in total. The topological polar surface area (TPSA) is 68.6 Å². The smallest absolute Gasteiger partial charge is 0.308 e. The Morgan fingerprint density at radius 3 is 2.68 bits per heavy atom. The van der Waals surface area contributed by atoms with Gasteiger partial charge in [-0.3, -0.25) is 14.4 Å². The number of carbonyl (C=O) groups is 3. The van der Waals surface area contributed by atoms with E-state index in [4.69, 9.17) is 4.74 Å². The molecule has 0 aliphatic carbocycles. The first kappa shape index (κ1) is 20.2. The SMILES string of the molecule is CCn1c(C)cc(C(=O)COC(=O)CCN2C(=O)CSc3ccccc32)c1C. The molecular formula is C21H24N2O4S. The van der Waals surface area contributed by atoms with Gasteiger partial charge in [-0.05, 0) is 39.0 Å². The number of aryl methyl sites for hydroxylation is 1. The van der Waals surface area contributed by atoms with Crippen molar-refractivity contribution in [3.05, 3.63) is 47.3 Å². The van der Waals surface area contributed by atoms with Crippen molar-refractivity contribution in [1.82, 2.24) is 4.57 Å². The van der Waals surface area contributed by atoms with E-state index in [2.05, 4.69) is 0 Å². The number of fused-ring (bicyclic) bond motifs is 1. The van der Waals surface area contributed by atoms with Gasteiger partial charge >= 0.3 is 5.97 Å². The summed E-state index contributed by atoms with van der Waals surface area (Å²) in [5.74, 6) is -0.366. The van der Waals surface area contributed by atoms with E-state index in [9.17, 15) is 14.4 Å². The fourth-order valence-electron chi connectivity index (χ4n) is 3.47. The summed E-state index contributed by atoms with van der Waals surface area (Å²) >= 11 is 1.50. The number of esters is 1. The van der Waals surface area contributed by atoms with Gasteiger partial charge in [-0.25, -0.2) is 0 Å². The summed E-state index contributed by atoms with van der Waals surface area (Å²) in [6.07, 6.45) is 0.0476. The number of carbonyl (C=O) groups excluding carboxylic acids is 3. The number of benzene rings is 1. The summed E-state index contributed by atoms with van der Waals surface area (Å²) in [5.41, 5.74) is 3.30. The van der Waals surface area contributed by atoms with Gasteiger partial charge in [0.15, 0.2) is 6.61 Å². The molecule has 1 aromatic carbocycles. The number of amides is 1. The highest BCUT2D eigenvalue weighted by Crippen LogP contribution is 2.34. The van der Waals surface area contributed by atoms with Crippen LogP contribution in [0.2, 0.25) is 0 Å². The quantitative estimate of drug-likeness (QED) is 0.526. The number of rotatable bonds is 7. The fourth-order valence-corrected chi connectivity index (χ4v) is 4.40.